The predicted octanol–water partition coefficient (Wildman–Crippen LogP) is 4.77. The van der Waals surface area contributed by atoms with Crippen molar-refractivity contribution in [3.8, 4) is 5.69 Å². The number of para-hydroxylation sites is 2. The Bertz CT molecular complexity index is 1070. The average molecular weight is 410 g/mol. The number of nitrogens with one attached hydrogen (secondary N) is 1. The highest BCUT2D eigenvalue weighted by molar-refractivity contribution is 6.33. The summed E-state index contributed by atoms with van der Waals surface area (Å²) in [7, 11) is 1.62. The van der Waals surface area contributed by atoms with Crippen LogP contribution in [0.3, 0.4) is 0 Å². The van der Waals surface area contributed by atoms with E-state index in [1.54, 1.807) is 31.3 Å². The Balaban J connectivity index is 1.78. The van der Waals surface area contributed by atoms with Crippen molar-refractivity contribution in [2.45, 2.75) is 20.8 Å². The van der Waals surface area contributed by atoms with Gasteiger partial charge in [-0.1, -0.05) is 41.9 Å². The minimum atomic E-state index is -0.304. The van der Waals surface area contributed by atoms with Crippen molar-refractivity contribution >= 4 is 29.1 Å². The third-order valence-electron chi connectivity index (χ3n) is 4.89. The molecule has 0 atom stereocenters. The number of halogens is 1. The van der Waals surface area contributed by atoms with Crippen molar-refractivity contribution in [3.05, 3.63) is 82.1 Å². The maximum Gasteiger partial charge on any atom is 0.255 e. The van der Waals surface area contributed by atoms with Crippen LogP contribution in [0, 0.1) is 20.8 Å². The third kappa shape index (κ3) is 4.35. The van der Waals surface area contributed by atoms with Gasteiger partial charge in [-0.15, -0.1) is 0 Å². The van der Waals surface area contributed by atoms with Gasteiger partial charge in [0.15, 0.2) is 0 Å². The van der Waals surface area contributed by atoms with Crippen LogP contribution >= 0.6 is 11.6 Å². The maximum absolute atomic E-state index is 13.0. The molecule has 29 heavy (non-hydrogen) atoms. The van der Waals surface area contributed by atoms with Crippen molar-refractivity contribution in [1.82, 2.24) is 9.47 Å². The number of amides is 2. The number of anilines is 1. The van der Waals surface area contributed by atoms with Crippen molar-refractivity contribution in [3.63, 3.8) is 0 Å². The quantitative estimate of drug-likeness (QED) is 0.660. The summed E-state index contributed by atoms with van der Waals surface area (Å²) in [6.07, 6.45) is 0. The minimum absolute atomic E-state index is 0.0713. The fraction of sp³-hybridized carbons (Fsp3) is 0.217. The Hall–Kier alpha value is -3.05. The second-order valence-electron chi connectivity index (χ2n) is 7.10. The first-order valence-electron chi connectivity index (χ1n) is 9.34. The molecule has 0 aliphatic rings. The molecule has 0 saturated heterocycles. The van der Waals surface area contributed by atoms with Gasteiger partial charge in [0.05, 0.1) is 22.8 Å². The monoisotopic (exact) mass is 409 g/mol. The van der Waals surface area contributed by atoms with Crippen LogP contribution in [0.15, 0.2) is 54.6 Å². The summed E-state index contributed by atoms with van der Waals surface area (Å²) >= 11 is 6.08. The molecule has 0 aliphatic heterocycles. The van der Waals surface area contributed by atoms with Crippen molar-refractivity contribution in [2.75, 3.05) is 18.9 Å². The van der Waals surface area contributed by atoms with E-state index in [1.165, 1.54) is 4.90 Å². The predicted molar refractivity (Wildman–Crippen MR) is 117 cm³/mol. The number of carbonyl (C=O) groups excluding carboxylic acids is 2. The van der Waals surface area contributed by atoms with Crippen molar-refractivity contribution in [1.29, 1.82) is 0 Å². The van der Waals surface area contributed by atoms with Crippen LogP contribution in [0.2, 0.25) is 5.02 Å². The number of rotatable bonds is 5. The molecular weight excluding hydrogens is 386 g/mol. The van der Waals surface area contributed by atoms with E-state index in [9.17, 15) is 9.59 Å². The lowest BCUT2D eigenvalue weighted by Gasteiger charge is -2.18. The first-order valence-corrected chi connectivity index (χ1v) is 9.72. The number of hydrogen-bond acceptors (Lipinski definition) is 2. The number of likely N-dealkylation sites (N-methyl/N-ethyl adjacent to an activating group) is 1. The molecule has 0 aliphatic carbocycles. The van der Waals surface area contributed by atoms with Crippen LogP contribution in [0.1, 0.15) is 27.3 Å². The fourth-order valence-corrected chi connectivity index (χ4v) is 3.59. The number of carbonyl (C=O) groups is 2. The lowest BCUT2D eigenvalue weighted by atomic mass is 10.2. The molecule has 1 aromatic heterocycles. The van der Waals surface area contributed by atoms with Crippen LogP contribution in [0.4, 0.5) is 5.69 Å². The van der Waals surface area contributed by atoms with E-state index in [4.69, 9.17) is 11.6 Å². The number of aromatic nitrogens is 1. The van der Waals surface area contributed by atoms with Crippen LogP contribution in [-0.4, -0.2) is 34.9 Å². The molecule has 150 valence electrons. The fourth-order valence-electron chi connectivity index (χ4n) is 3.41. The number of hydrogen-bond donors (Lipinski definition) is 1. The van der Waals surface area contributed by atoms with Gasteiger partial charge in [-0.25, -0.2) is 0 Å². The average Bonchev–Trinajstić information content (AvgIpc) is 2.97. The van der Waals surface area contributed by atoms with E-state index in [0.29, 0.717) is 16.3 Å². The van der Waals surface area contributed by atoms with E-state index in [0.717, 1.165) is 22.6 Å². The van der Waals surface area contributed by atoms with E-state index >= 15 is 0 Å². The first kappa shape index (κ1) is 20.7. The number of nitrogens with zero attached hydrogens (tertiary/aromatic N) is 2. The van der Waals surface area contributed by atoms with E-state index in [-0.39, 0.29) is 18.4 Å². The number of aryl methyl sites for hydroxylation is 2. The Labute approximate surface area is 175 Å². The van der Waals surface area contributed by atoms with Gasteiger partial charge < -0.3 is 14.8 Å². The summed E-state index contributed by atoms with van der Waals surface area (Å²) in [6.45, 7) is 5.86. The van der Waals surface area contributed by atoms with Crippen LogP contribution in [0.5, 0.6) is 0 Å². The zero-order valence-electron chi connectivity index (χ0n) is 17.0. The summed E-state index contributed by atoms with van der Waals surface area (Å²) in [4.78, 5) is 26.8. The Morgan fingerprint density at radius 1 is 1.03 bits per heavy atom. The molecule has 2 amide bonds. The van der Waals surface area contributed by atoms with Gasteiger partial charge in [0.2, 0.25) is 5.91 Å². The van der Waals surface area contributed by atoms with E-state index < -0.39 is 0 Å². The largest absolute Gasteiger partial charge is 0.332 e. The second-order valence-corrected chi connectivity index (χ2v) is 7.50. The topological polar surface area (TPSA) is 54.3 Å². The van der Waals surface area contributed by atoms with Gasteiger partial charge in [0.25, 0.3) is 5.91 Å². The molecule has 0 unspecified atom stereocenters. The lowest BCUT2D eigenvalue weighted by molar-refractivity contribution is -0.116. The summed E-state index contributed by atoms with van der Waals surface area (Å²) in [5.41, 5.74) is 5.09. The lowest BCUT2D eigenvalue weighted by Crippen LogP contribution is -2.35. The Morgan fingerprint density at radius 3 is 2.38 bits per heavy atom. The normalized spacial score (nSPS) is 10.7. The molecule has 6 heteroatoms. The van der Waals surface area contributed by atoms with Gasteiger partial charge in [-0.2, -0.15) is 0 Å². The second kappa shape index (κ2) is 8.53. The van der Waals surface area contributed by atoms with Gasteiger partial charge in [-0.05, 0) is 50.6 Å². The van der Waals surface area contributed by atoms with E-state index in [2.05, 4.69) is 9.88 Å². The zero-order valence-corrected chi connectivity index (χ0v) is 17.7. The molecule has 1 N–H and O–H groups in total. The molecular formula is C23H24ClN3O2. The standard InChI is InChI=1S/C23H24ClN3O2/c1-15-9-5-8-12-21(15)27-16(2)13-18(17(27)3)23(29)26(4)14-22(28)25-20-11-7-6-10-19(20)24/h5-13H,14H2,1-4H3,(H,25,28). The highest BCUT2D eigenvalue weighted by atomic mass is 35.5. The highest BCUT2D eigenvalue weighted by Gasteiger charge is 2.22. The van der Waals surface area contributed by atoms with Crippen LogP contribution in [-0.2, 0) is 4.79 Å². The zero-order chi connectivity index (χ0) is 21.1. The molecule has 0 saturated carbocycles. The smallest absolute Gasteiger partial charge is 0.255 e. The Kier molecular flexibility index (Phi) is 6.09. The molecule has 0 bridgehead atoms. The molecule has 3 rings (SSSR count). The van der Waals surface area contributed by atoms with Crippen LogP contribution < -0.4 is 5.32 Å². The van der Waals surface area contributed by atoms with Crippen molar-refractivity contribution in [2.24, 2.45) is 0 Å². The van der Waals surface area contributed by atoms with Crippen molar-refractivity contribution < 1.29 is 9.59 Å². The molecule has 0 spiro atoms. The Morgan fingerprint density at radius 2 is 1.69 bits per heavy atom. The molecule has 3 aromatic rings. The van der Waals surface area contributed by atoms with Crippen LogP contribution in [0.25, 0.3) is 5.69 Å². The molecule has 5 nitrogen and oxygen atoms in total. The van der Waals surface area contributed by atoms with Gasteiger partial charge >= 0.3 is 0 Å². The SMILES string of the molecule is Cc1ccccc1-n1c(C)cc(C(=O)N(C)CC(=O)Nc2ccccc2Cl)c1C. The van der Waals surface area contributed by atoms with Gasteiger partial charge in [0, 0.05) is 24.1 Å². The van der Waals surface area contributed by atoms with E-state index in [1.807, 2.05) is 51.1 Å². The summed E-state index contributed by atoms with van der Waals surface area (Å²) in [5.74, 6) is -0.506. The summed E-state index contributed by atoms with van der Waals surface area (Å²) in [5, 5.41) is 3.20. The van der Waals surface area contributed by atoms with Gasteiger partial charge in [0.1, 0.15) is 0 Å². The summed E-state index contributed by atoms with van der Waals surface area (Å²) < 4.78 is 2.07. The number of benzene rings is 2. The summed E-state index contributed by atoms with van der Waals surface area (Å²) in [6, 6.07) is 16.9. The third-order valence-corrected chi connectivity index (χ3v) is 5.22. The maximum atomic E-state index is 13.0. The minimum Gasteiger partial charge on any atom is -0.332 e. The molecule has 0 fully saturated rings. The molecule has 0 radical (unpaired) electrons. The first-order chi connectivity index (χ1) is 13.8. The highest BCUT2D eigenvalue weighted by Crippen LogP contribution is 2.24. The molecule has 2 aromatic carbocycles. The van der Waals surface area contributed by atoms with Gasteiger partial charge in [-0.3, -0.25) is 9.59 Å². The molecule has 1 heterocycles.